The first-order chi connectivity index (χ1) is 5.18. The number of rotatable bonds is 2. The lowest BCUT2D eigenvalue weighted by molar-refractivity contribution is 0.0840. The van der Waals surface area contributed by atoms with E-state index in [-0.39, 0.29) is 13.2 Å². The van der Waals surface area contributed by atoms with E-state index in [2.05, 4.69) is 14.2 Å². The molecule has 1 atom stereocenters. The first kappa shape index (κ1) is 8.57. The Hall–Kier alpha value is -0.530. The summed E-state index contributed by atoms with van der Waals surface area (Å²) < 4.78 is 13.2. The second kappa shape index (κ2) is 3.74. The topological polar surface area (TPSA) is 61.8 Å². The van der Waals surface area contributed by atoms with Gasteiger partial charge >= 0.3 is 10.1 Å². The summed E-state index contributed by atoms with van der Waals surface area (Å²) in [5.41, 5.74) is 0. The van der Waals surface area contributed by atoms with Gasteiger partial charge in [0.15, 0.2) is 6.10 Å². The fourth-order valence-electron chi connectivity index (χ4n) is 0.606. The second-order valence-corrected chi connectivity index (χ2v) is 2.73. The molecular formula is C5H5IO5. The van der Waals surface area contributed by atoms with E-state index in [1.54, 1.807) is 0 Å². The van der Waals surface area contributed by atoms with Crippen LogP contribution in [0.15, 0.2) is 0 Å². The van der Waals surface area contributed by atoms with Crippen molar-refractivity contribution >= 4 is 32.7 Å². The number of carbonyl (C=O) groups is 2. The largest absolute Gasteiger partial charge is 0.508 e. The van der Waals surface area contributed by atoms with Gasteiger partial charge < -0.3 is 14.2 Å². The Bertz CT molecular complexity index is 180. The maximum Gasteiger partial charge on any atom is 0.508 e. The Morgan fingerprint density at radius 2 is 2.55 bits per heavy atom. The molecule has 0 saturated carbocycles. The van der Waals surface area contributed by atoms with Crippen LogP contribution in [0.25, 0.3) is 0 Å². The summed E-state index contributed by atoms with van der Waals surface area (Å²) in [6.45, 7) is 0.219. The third-order valence-electron chi connectivity index (χ3n) is 1.03. The van der Waals surface area contributed by atoms with Crippen LogP contribution in [0.2, 0.25) is 0 Å². The normalized spacial score (nSPS) is 22.3. The molecule has 5 nitrogen and oxygen atoms in total. The van der Waals surface area contributed by atoms with Crippen molar-refractivity contribution in [3.8, 4) is 0 Å². The number of hydrogen-bond acceptors (Lipinski definition) is 5. The highest BCUT2D eigenvalue weighted by Crippen LogP contribution is 2.07. The lowest BCUT2D eigenvalue weighted by atomic mass is 10.4. The number of ether oxygens (including phenoxy) is 3. The molecule has 11 heavy (non-hydrogen) atoms. The van der Waals surface area contributed by atoms with Gasteiger partial charge in [-0.3, -0.25) is 0 Å². The van der Waals surface area contributed by atoms with E-state index in [0.29, 0.717) is 0 Å². The van der Waals surface area contributed by atoms with E-state index < -0.39 is 16.2 Å². The van der Waals surface area contributed by atoms with Gasteiger partial charge in [-0.2, -0.15) is 0 Å². The molecule has 0 spiro atoms. The fraction of sp³-hybridized carbons (Fsp3) is 0.600. The molecule has 0 aliphatic carbocycles. The van der Waals surface area contributed by atoms with Gasteiger partial charge in [-0.1, -0.05) is 0 Å². The lowest BCUT2D eigenvalue weighted by Crippen LogP contribution is -2.18. The summed E-state index contributed by atoms with van der Waals surface area (Å²) in [4.78, 5) is 20.6. The molecule has 0 aromatic heterocycles. The van der Waals surface area contributed by atoms with Gasteiger partial charge in [0.25, 0.3) is 0 Å². The van der Waals surface area contributed by atoms with Crippen LogP contribution in [0.3, 0.4) is 0 Å². The zero-order valence-corrected chi connectivity index (χ0v) is 7.57. The van der Waals surface area contributed by atoms with Crippen LogP contribution in [0.5, 0.6) is 0 Å². The van der Waals surface area contributed by atoms with E-state index in [0.717, 1.165) is 0 Å². The Morgan fingerprint density at radius 3 is 3.00 bits per heavy atom. The van der Waals surface area contributed by atoms with Gasteiger partial charge in [0, 0.05) is 0 Å². The van der Waals surface area contributed by atoms with Crippen molar-refractivity contribution in [2.75, 3.05) is 13.2 Å². The van der Waals surface area contributed by atoms with Crippen molar-refractivity contribution in [2.24, 2.45) is 0 Å². The third kappa shape index (κ3) is 2.91. The molecule has 0 aromatic carbocycles. The minimum absolute atomic E-state index is 0.0630. The number of hydrogen-bond donors (Lipinski definition) is 0. The number of carbonyl (C=O) groups excluding carboxylic acids is 2. The monoisotopic (exact) mass is 272 g/mol. The summed E-state index contributed by atoms with van der Waals surface area (Å²) in [6, 6.07) is 0. The van der Waals surface area contributed by atoms with Gasteiger partial charge in [-0.05, 0) is 0 Å². The molecule has 0 amide bonds. The molecule has 1 heterocycles. The molecule has 1 unspecified atom stereocenters. The van der Waals surface area contributed by atoms with E-state index in [1.165, 1.54) is 22.6 Å². The SMILES string of the molecule is O=C(I)OCC1COC(=O)O1. The maximum atomic E-state index is 10.3. The highest BCUT2D eigenvalue weighted by Gasteiger charge is 2.25. The van der Waals surface area contributed by atoms with Crippen LogP contribution in [0.1, 0.15) is 0 Å². The Morgan fingerprint density at radius 1 is 1.82 bits per heavy atom. The van der Waals surface area contributed by atoms with Gasteiger partial charge in [-0.15, -0.1) is 0 Å². The van der Waals surface area contributed by atoms with Crippen LogP contribution < -0.4 is 0 Å². The highest BCUT2D eigenvalue weighted by atomic mass is 127. The van der Waals surface area contributed by atoms with Crippen molar-refractivity contribution in [1.82, 2.24) is 0 Å². The second-order valence-electron chi connectivity index (χ2n) is 1.85. The van der Waals surface area contributed by atoms with Crippen LogP contribution in [-0.4, -0.2) is 29.4 Å². The summed E-state index contributed by atoms with van der Waals surface area (Å²) in [5.74, 6) is 0. The summed E-state index contributed by atoms with van der Waals surface area (Å²) >= 11 is 1.49. The fourth-order valence-corrected chi connectivity index (χ4v) is 0.786. The molecule has 1 aliphatic heterocycles. The van der Waals surface area contributed by atoms with Gasteiger partial charge in [0.2, 0.25) is 0 Å². The quantitative estimate of drug-likeness (QED) is 0.428. The van der Waals surface area contributed by atoms with Crippen LogP contribution in [0, 0.1) is 0 Å². The highest BCUT2D eigenvalue weighted by molar-refractivity contribution is 14.1. The first-order valence-corrected chi connectivity index (χ1v) is 3.92. The molecule has 6 heteroatoms. The van der Waals surface area contributed by atoms with Crippen molar-refractivity contribution in [1.29, 1.82) is 0 Å². The molecule has 0 radical (unpaired) electrons. The number of cyclic esters (lactones) is 2. The van der Waals surface area contributed by atoms with E-state index in [1.807, 2.05) is 0 Å². The molecular weight excluding hydrogens is 267 g/mol. The predicted molar refractivity (Wildman–Crippen MR) is 41.6 cm³/mol. The lowest BCUT2D eigenvalue weighted by Gasteiger charge is -2.03. The Labute approximate surface area is 76.1 Å². The van der Waals surface area contributed by atoms with Gasteiger partial charge in [0.1, 0.15) is 13.2 Å². The van der Waals surface area contributed by atoms with Crippen molar-refractivity contribution in [2.45, 2.75) is 6.10 Å². The Kier molecular flexibility index (Phi) is 2.92. The van der Waals surface area contributed by atoms with Crippen molar-refractivity contribution in [3.05, 3.63) is 0 Å². The molecule has 0 aromatic rings. The van der Waals surface area contributed by atoms with Crippen molar-refractivity contribution < 1.29 is 23.8 Å². The van der Waals surface area contributed by atoms with E-state index in [9.17, 15) is 9.59 Å². The Balaban J connectivity index is 2.18. The molecule has 1 aliphatic rings. The van der Waals surface area contributed by atoms with Crippen LogP contribution in [0.4, 0.5) is 9.59 Å². The van der Waals surface area contributed by atoms with Crippen molar-refractivity contribution in [3.63, 3.8) is 0 Å². The molecule has 0 N–H and O–H groups in total. The summed E-state index contributed by atoms with van der Waals surface area (Å²) in [5, 5.41) is 0. The van der Waals surface area contributed by atoms with Gasteiger partial charge in [0.05, 0.1) is 22.6 Å². The number of halogens is 1. The molecule has 62 valence electrons. The predicted octanol–water partition coefficient (Wildman–Crippen LogP) is 1.09. The van der Waals surface area contributed by atoms with Crippen LogP contribution >= 0.6 is 22.6 Å². The molecule has 1 rings (SSSR count). The minimum Gasteiger partial charge on any atom is -0.454 e. The molecule has 1 fully saturated rings. The zero-order valence-electron chi connectivity index (χ0n) is 5.41. The van der Waals surface area contributed by atoms with Gasteiger partial charge in [-0.25, -0.2) is 9.59 Å². The third-order valence-corrected chi connectivity index (χ3v) is 1.34. The molecule has 0 bridgehead atoms. The summed E-state index contributed by atoms with van der Waals surface area (Å²) in [6.07, 6.45) is -1.15. The average molecular weight is 272 g/mol. The first-order valence-electron chi connectivity index (χ1n) is 2.84. The average Bonchev–Trinajstić information content (AvgIpc) is 2.31. The zero-order chi connectivity index (χ0) is 8.27. The molecule has 1 saturated heterocycles. The van der Waals surface area contributed by atoms with E-state index in [4.69, 9.17) is 0 Å². The maximum absolute atomic E-state index is 10.3. The minimum atomic E-state index is -0.709. The smallest absolute Gasteiger partial charge is 0.454 e. The standard InChI is InChI=1S/C5H5IO5/c6-4(7)9-1-3-2-10-5(8)11-3/h3H,1-2H2. The summed E-state index contributed by atoms with van der Waals surface area (Å²) in [7, 11) is 0. The van der Waals surface area contributed by atoms with Crippen LogP contribution in [-0.2, 0) is 14.2 Å². The van der Waals surface area contributed by atoms with E-state index >= 15 is 0 Å².